The maximum atomic E-state index is 14.0. The van der Waals surface area contributed by atoms with Gasteiger partial charge in [-0.1, -0.05) is 6.08 Å². The van der Waals surface area contributed by atoms with E-state index in [1.54, 1.807) is 29.3 Å². The van der Waals surface area contributed by atoms with Gasteiger partial charge in [-0.25, -0.2) is 4.98 Å². The lowest BCUT2D eigenvalue weighted by Gasteiger charge is -2.27. The number of aliphatic imine (C=N–C) groups is 2. The molecular formula is C24H25Br4N11O5S. The van der Waals surface area contributed by atoms with Crippen LogP contribution in [0.3, 0.4) is 0 Å². The molecule has 45 heavy (non-hydrogen) atoms. The molecular weight excluding hydrogens is 874 g/mol. The summed E-state index contributed by atoms with van der Waals surface area (Å²) in [6.07, 6.45) is 3.33. The van der Waals surface area contributed by atoms with Gasteiger partial charge in [0, 0.05) is 24.9 Å². The first kappa shape index (κ1) is 33.4. The van der Waals surface area contributed by atoms with E-state index in [4.69, 9.17) is 16.0 Å². The van der Waals surface area contributed by atoms with Crippen LogP contribution in [-0.2, 0) is 10.1 Å². The fourth-order valence-electron chi connectivity index (χ4n) is 5.11. The summed E-state index contributed by atoms with van der Waals surface area (Å²) in [5.74, 6) is -1.87. The minimum Gasteiger partial charge on any atom is -0.369 e. The summed E-state index contributed by atoms with van der Waals surface area (Å²) < 4.78 is 34.1. The number of carbonyl (C=O) groups is 2. The van der Waals surface area contributed by atoms with Gasteiger partial charge >= 0.3 is 0 Å². The van der Waals surface area contributed by atoms with Crippen molar-refractivity contribution in [2.75, 3.05) is 31.1 Å². The van der Waals surface area contributed by atoms with E-state index < -0.39 is 33.7 Å². The van der Waals surface area contributed by atoms with Gasteiger partial charge in [-0.05, 0) is 75.9 Å². The Bertz CT molecular complexity index is 1810. The predicted octanol–water partition coefficient (Wildman–Crippen LogP) is 2.65. The zero-order chi connectivity index (χ0) is 32.6. The minimum atomic E-state index is -4.25. The summed E-state index contributed by atoms with van der Waals surface area (Å²) in [5.41, 5.74) is 13.4. The summed E-state index contributed by atoms with van der Waals surface area (Å²) in [5, 5.41) is 5.89. The smallest absolute Gasteiger partial charge is 0.270 e. The molecule has 0 bridgehead atoms. The first-order chi connectivity index (χ1) is 21.2. The Hall–Kier alpha value is -2.98. The second-order valence-electron chi connectivity index (χ2n) is 10.0. The van der Waals surface area contributed by atoms with Crippen molar-refractivity contribution in [2.45, 2.75) is 6.04 Å². The third-order valence-corrected chi connectivity index (χ3v) is 11.3. The van der Waals surface area contributed by atoms with Gasteiger partial charge in [0.05, 0.1) is 54.1 Å². The number of amidine groups is 1. The molecule has 2 aliphatic heterocycles. The van der Waals surface area contributed by atoms with Crippen molar-refractivity contribution >= 4 is 103 Å². The number of H-pyrrole nitrogens is 3. The molecule has 16 nitrogen and oxygen atoms in total. The van der Waals surface area contributed by atoms with Crippen molar-refractivity contribution in [1.29, 1.82) is 0 Å². The predicted molar refractivity (Wildman–Crippen MR) is 180 cm³/mol. The first-order valence-electron chi connectivity index (χ1n) is 13.0. The van der Waals surface area contributed by atoms with Crippen molar-refractivity contribution in [3.8, 4) is 0 Å². The highest BCUT2D eigenvalue weighted by Crippen LogP contribution is 2.42. The van der Waals surface area contributed by atoms with Gasteiger partial charge < -0.3 is 42.0 Å². The summed E-state index contributed by atoms with van der Waals surface area (Å²) in [6, 6.07) is 2.66. The molecule has 3 atom stereocenters. The highest BCUT2D eigenvalue weighted by molar-refractivity contribution is 9.13. The van der Waals surface area contributed by atoms with Crippen LogP contribution in [0.15, 0.2) is 58.2 Å². The number of carbonyl (C=O) groups excluding carboxylic acids is 2. The van der Waals surface area contributed by atoms with E-state index in [1.807, 2.05) is 0 Å². The molecule has 1 saturated heterocycles. The quantitative estimate of drug-likeness (QED) is 0.147. The van der Waals surface area contributed by atoms with Crippen LogP contribution in [-0.4, -0.2) is 86.8 Å². The van der Waals surface area contributed by atoms with E-state index >= 15 is 0 Å². The number of hydrogen-bond donors (Lipinski definition) is 8. The second kappa shape index (κ2) is 13.4. The number of imidazole rings is 1. The van der Waals surface area contributed by atoms with Crippen molar-refractivity contribution in [3.05, 3.63) is 65.3 Å². The van der Waals surface area contributed by atoms with Crippen LogP contribution in [0.2, 0.25) is 0 Å². The molecule has 0 radical (unpaired) electrons. The largest absolute Gasteiger partial charge is 0.369 e. The fourth-order valence-corrected chi connectivity index (χ4v) is 6.74. The molecule has 0 saturated carbocycles. The van der Waals surface area contributed by atoms with Gasteiger partial charge in [-0.2, -0.15) is 13.4 Å². The van der Waals surface area contributed by atoms with Gasteiger partial charge in [0.2, 0.25) is 0 Å². The molecule has 3 aromatic heterocycles. The molecule has 2 amide bonds. The van der Waals surface area contributed by atoms with Crippen molar-refractivity contribution in [1.82, 2.24) is 35.5 Å². The number of halogens is 4. The van der Waals surface area contributed by atoms with Gasteiger partial charge in [-0.3, -0.25) is 19.1 Å². The summed E-state index contributed by atoms with van der Waals surface area (Å²) >= 11 is 13.5. The molecule has 3 aromatic rings. The Kier molecular flexibility index (Phi) is 9.94. The van der Waals surface area contributed by atoms with Crippen LogP contribution < -0.4 is 22.1 Å². The lowest BCUT2D eigenvalue weighted by atomic mass is 9.88. The van der Waals surface area contributed by atoms with Gasteiger partial charge in [0.15, 0.2) is 17.7 Å². The van der Waals surface area contributed by atoms with E-state index in [0.717, 1.165) is 0 Å². The van der Waals surface area contributed by atoms with Crippen LogP contribution in [0.1, 0.15) is 32.7 Å². The number of nitrogens with two attached hydrogens (primary N) is 2. The topological polar surface area (TPSA) is 253 Å². The molecule has 3 unspecified atom stereocenters. The number of nitrogens with zero attached hydrogens (tertiary/aromatic N) is 4. The molecule has 0 aliphatic carbocycles. The minimum absolute atomic E-state index is 0.0320. The molecule has 2 aliphatic rings. The number of rotatable bonds is 9. The number of anilines is 1. The van der Waals surface area contributed by atoms with Gasteiger partial charge in [0.25, 0.3) is 21.9 Å². The number of amides is 2. The first-order valence-corrected chi connectivity index (χ1v) is 17.8. The number of likely N-dealkylation sites (tertiary alicyclic amines) is 1. The molecule has 5 heterocycles. The maximum absolute atomic E-state index is 14.0. The van der Waals surface area contributed by atoms with Crippen molar-refractivity contribution in [3.63, 3.8) is 0 Å². The molecule has 21 heteroatoms. The monoisotopic (exact) mass is 895 g/mol. The number of aromatic nitrogens is 4. The van der Waals surface area contributed by atoms with Crippen molar-refractivity contribution in [2.24, 2.45) is 27.6 Å². The standard InChI is InChI=1S/C24H25Br4N11O5S/c25-11-4-14(34-18(11)27)21(40)32-6-10-9(3-13-20(38-24(30)36-13)31-1-2-45(42,43)44)8-39(17(10)16-7-33-23(29)37-16)22(41)15-5-12(26)19(28)35-15/h3-5,7,9-10,17,34-35H,1-2,6,8H2,(H,32,40)(H3,29,33,37)(H,42,43,44)(H3,30,31,36,38). The van der Waals surface area contributed by atoms with Crippen LogP contribution in [0.25, 0.3) is 0 Å². The van der Waals surface area contributed by atoms with E-state index in [9.17, 15) is 18.0 Å². The van der Waals surface area contributed by atoms with E-state index in [1.165, 1.54) is 0 Å². The Balaban J connectivity index is 1.53. The Morgan fingerprint density at radius 2 is 1.78 bits per heavy atom. The number of aromatic amines is 3. The molecule has 1 fully saturated rings. The summed E-state index contributed by atoms with van der Waals surface area (Å²) in [7, 11) is -4.25. The number of guanidine groups is 1. The Labute approximate surface area is 289 Å². The molecule has 0 spiro atoms. The molecule has 5 rings (SSSR count). The second-order valence-corrected chi connectivity index (χ2v) is 14.9. The molecule has 0 aromatic carbocycles. The number of nitrogens with one attached hydrogen (secondary N) is 5. The van der Waals surface area contributed by atoms with Crippen LogP contribution in [0, 0.1) is 11.8 Å². The average Bonchev–Trinajstić information content (AvgIpc) is 3.76. The van der Waals surface area contributed by atoms with E-state index in [0.29, 0.717) is 40.9 Å². The lowest BCUT2D eigenvalue weighted by molar-refractivity contribution is 0.0707. The normalized spacial score (nSPS) is 21.8. The zero-order valence-electron chi connectivity index (χ0n) is 22.8. The lowest BCUT2D eigenvalue weighted by Crippen LogP contribution is -2.36. The number of hydrogen-bond acceptors (Lipinski definition) is 9. The SMILES string of the molecule is NC1=NC(=NCCS(=O)(=O)O)C(=CC2CN(C(=O)c3cc(Br)c(Br)[nH]3)C(c3cnc(N)[nH]3)C2CNC(=O)c2cc(Br)c(Br)[nH]2)N1. The van der Waals surface area contributed by atoms with Crippen LogP contribution in [0.4, 0.5) is 5.95 Å². The van der Waals surface area contributed by atoms with Gasteiger partial charge in [0.1, 0.15) is 11.4 Å². The maximum Gasteiger partial charge on any atom is 0.270 e. The summed E-state index contributed by atoms with van der Waals surface area (Å²) in [4.78, 5) is 50.3. The Morgan fingerprint density at radius 3 is 2.36 bits per heavy atom. The highest BCUT2D eigenvalue weighted by Gasteiger charge is 2.46. The van der Waals surface area contributed by atoms with E-state index in [2.05, 4.69) is 104 Å². The average molecular weight is 899 g/mol. The van der Waals surface area contributed by atoms with E-state index in [-0.39, 0.29) is 49.2 Å². The zero-order valence-corrected chi connectivity index (χ0v) is 30.0. The number of nitrogen functional groups attached to an aromatic ring is 1. The van der Waals surface area contributed by atoms with Crippen LogP contribution >= 0.6 is 63.7 Å². The summed E-state index contributed by atoms with van der Waals surface area (Å²) in [6.45, 7) is 0.0332. The van der Waals surface area contributed by atoms with Crippen molar-refractivity contribution < 1.29 is 22.6 Å². The van der Waals surface area contributed by atoms with Crippen LogP contribution in [0.5, 0.6) is 0 Å². The Morgan fingerprint density at radius 1 is 1.11 bits per heavy atom. The fraction of sp³-hybridized carbons (Fsp3) is 0.292. The molecule has 240 valence electrons. The third kappa shape index (κ3) is 7.71. The molecule has 10 N–H and O–H groups in total. The third-order valence-electron chi connectivity index (χ3n) is 7.04. The highest BCUT2D eigenvalue weighted by atomic mass is 79.9. The van der Waals surface area contributed by atoms with Gasteiger partial charge in [-0.15, -0.1) is 0 Å².